The van der Waals surface area contributed by atoms with Gasteiger partial charge in [0.15, 0.2) is 0 Å². The van der Waals surface area contributed by atoms with Crippen LogP contribution in [0.3, 0.4) is 0 Å². The summed E-state index contributed by atoms with van der Waals surface area (Å²) in [5, 5.41) is 0. The first-order valence-corrected chi connectivity index (χ1v) is 3.53. The highest BCUT2D eigenvalue weighted by atomic mass is 35.5. The summed E-state index contributed by atoms with van der Waals surface area (Å²) in [5.74, 6) is -0.149. The highest BCUT2D eigenvalue weighted by molar-refractivity contribution is 6.18. The summed E-state index contributed by atoms with van der Waals surface area (Å²) in [7, 11) is 0. The van der Waals surface area contributed by atoms with Gasteiger partial charge in [-0.3, -0.25) is 4.79 Å². The van der Waals surface area contributed by atoms with Gasteiger partial charge in [-0.15, -0.1) is 11.6 Å². The Morgan fingerprint density at radius 3 is 2.50 bits per heavy atom. The Bertz CT molecular complexity index is 125. The number of nitrogens with two attached hydrogens (primary N) is 1. The third kappa shape index (κ3) is 3.69. The minimum absolute atomic E-state index is 0.0969. The van der Waals surface area contributed by atoms with Gasteiger partial charge in [-0.2, -0.15) is 0 Å². The maximum absolute atomic E-state index is 10.6. The first-order valence-electron chi connectivity index (χ1n) is 2.99. The lowest BCUT2D eigenvalue weighted by molar-refractivity contribution is -0.152. The molecule has 0 aliphatic rings. The Hall–Kier alpha value is -0.280. The van der Waals surface area contributed by atoms with E-state index in [1.165, 1.54) is 0 Å². The third-order valence-corrected chi connectivity index (χ3v) is 1.52. The lowest BCUT2D eigenvalue weighted by Crippen LogP contribution is -2.32. The predicted molar refractivity (Wildman–Crippen MR) is 39.9 cm³/mol. The van der Waals surface area contributed by atoms with Gasteiger partial charge >= 0.3 is 5.97 Å². The monoisotopic (exact) mass is 165 g/mol. The Balaban J connectivity index is 3.76. The molecule has 0 saturated carbocycles. The smallest absolute Gasteiger partial charge is 0.320 e. The molecule has 3 nitrogen and oxygen atoms in total. The summed E-state index contributed by atoms with van der Waals surface area (Å²) >= 11 is 5.48. The highest BCUT2D eigenvalue weighted by Gasteiger charge is 2.20. The largest absolute Gasteiger partial charge is 0.457 e. The van der Waals surface area contributed by atoms with E-state index in [0.29, 0.717) is 0 Å². The van der Waals surface area contributed by atoms with Crippen molar-refractivity contribution >= 4 is 17.6 Å². The molecular formula is C6H12ClNO2. The summed E-state index contributed by atoms with van der Waals surface area (Å²) in [6.07, 6.45) is 0. The van der Waals surface area contributed by atoms with Gasteiger partial charge in [0.25, 0.3) is 0 Å². The molecule has 10 heavy (non-hydrogen) atoms. The van der Waals surface area contributed by atoms with E-state index in [2.05, 4.69) is 0 Å². The highest BCUT2D eigenvalue weighted by Crippen LogP contribution is 2.10. The van der Waals surface area contributed by atoms with Crippen LogP contribution in [-0.2, 0) is 9.53 Å². The summed E-state index contributed by atoms with van der Waals surface area (Å²) in [6, 6.07) is 0. The van der Waals surface area contributed by atoms with Gasteiger partial charge in [0.1, 0.15) is 5.60 Å². The van der Waals surface area contributed by atoms with Crippen LogP contribution in [-0.4, -0.2) is 24.0 Å². The lowest BCUT2D eigenvalue weighted by atomic mass is 10.2. The van der Waals surface area contributed by atoms with Gasteiger partial charge in [0, 0.05) is 0 Å². The molecule has 0 radical (unpaired) electrons. The molecule has 0 aromatic rings. The van der Waals surface area contributed by atoms with Crippen molar-refractivity contribution in [2.45, 2.75) is 19.4 Å². The predicted octanol–water partition coefficient (Wildman–Crippen LogP) is 0.506. The molecule has 2 N–H and O–H groups in total. The quantitative estimate of drug-likeness (QED) is 0.490. The fourth-order valence-corrected chi connectivity index (χ4v) is 0.432. The molecule has 0 rings (SSSR count). The number of halogens is 1. The number of rotatable bonds is 3. The van der Waals surface area contributed by atoms with E-state index in [0.717, 1.165) is 0 Å². The zero-order valence-electron chi connectivity index (χ0n) is 6.19. The summed E-state index contributed by atoms with van der Waals surface area (Å²) in [6.45, 7) is 3.36. The van der Waals surface area contributed by atoms with Crippen LogP contribution < -0.4 is 5.73 Å². The van der Waals surface area contributed by atoms with Crippen molar-refractivity contribution < 1.29 is 9.53 Å². The zero-order valence-corrected chi connectivity index (χ0v) is 6.94. The molecule has 0 atom stereocenters. The summed E-state index contributed by atoms with van der Waals surface area (Å²) in [5.41, 5.74) is 4.42. The van der Waals surface area contributed by atoms with Crippen LogP contribution in [0.15, 0.2) is 0 Å². The molecule has 0 bridgehead atoms. The van der Waals surface area contributed by atoms with Gasteiger partial charge < -0.3 is 10.5 Å². The number of carbonyl (C=O) groups is 1. The van der Waals surface area contributed by atoms with Crippen molar-refractivity contribution in [2.24, 2.45) is 5.73 Å². The van der Waals surface area contributed by atoms with E-state index in [9.17, 15) is 4.79 Å². The van der Waals surface area contributed by atoms with E-state index in [1.807, 2.05) is 0 Å². The first-order chi connectivity index (χ1) is 4.52. The van der Waals surface area contributed by atoms with Crippen LogP contribution in [0.2, 0.25) is 0 Å². The van der Waals surface area contributed by atoms with E-state index < -0.39 is 11.6 Å². The minimum atomic E-state index is -0.599. The number of alkyl halides is 1. The second kappa shape index (κ2) is 3.78. The fraction of sp³-hybridized carbons (Fsp3) is 0.833. The summed E-state index contributed by atoms with van der Waals surface area (Å²) in [4.78, 5) is 10.6. The molecular weight excluding hydrogens is 154 g/mol. The maximum atomic E-state index is 10.6. The van der Waals surface area contributed by atoms with Crippen molar-refractivity contribution in [3.8, 4) is 0 Å². The standard InChI is InChI=1S/C6H12ClNO2/c1-6(2,4-7)10-5(9)3-8/h3-4,8H2,1-2H3. The first kappa shape index (κ1) is 9.72. The van der Waals surface area contributed by atoms with Crippen LogP contribution >= 0.6 is 11.6 Å². The fourth-order valence-electron chi connectivity index (χ4n) is 0.377. The molecule has 0 unspecified atom stereocenters. The normalized spacial score (nSPS) is 11.2. The van der Waals surface area contributed by atoms with E-state index in [1.54, 1.807) is 13.8 Å². The van der Waals surface area contributed by atoms with E-state index in [4.69, 9.17) is 22.1 Å². The molecule has 0 heterocycles. The van der Waals surface area contributed by atoms with Gasteiger partial charge in [0.2, 0.25) is 0 Å². The van der Waals surface area contributed by atoms with Crippen LogP contribution in [0.5, 0.6) is 0 Å². The number of ether oxygens (including phenoxy) is 1. The van der Waals surface area contributed by atoms with Crippen LogP contribution in [0, 0.1) is 0 Å². The molecule has 0 aliphatic heterocycles. The average molecular weight is 166 g/mol. The Morgan fingerprint density at radius 1 is 1.70 bits per heavy atom. The van der Waals surface area contributed by atoms with Gasteiger partial charge in [-0.05, 0) is 13.8 Å². The SMILES string of the molecule is CC(C)(CCl)OC(=O)CN. The van der Waals surface area contributed by atoms with E-state index >= 15 is 0 Å². The summed E-state index contributed by atoms with van der Waals surface area (Å²) < 4.78 is 4.84. The van der Waals surface area contributed by atoms with Crippen LogP contribution in [0.25, 0.3) is 0 Å². The molecule has 0 aliphatic carbocycles. The number of esters is 1. The van der Waals surface area contributed by atoms with Crippen molar-refractivity contribution in [2.75, 3.05) is 12.4 Å². The van der Waals surface area contributed by atoms with Gasteiger partial charge in [0.05, 0.1) is 12.4 Å². The number of hydrogen-bond acceptors (Lipinski definition) is 3. The van der Waals surface area contributed by atoms with Crippen LogP contribution in [0.4, 0.5) is 0 Å². The maximum Gasteiger partial charge on any atom is 0.320 e. The van der Waals surface area contributed by atoms with Crippen molar-refractivity contribution in [3.63, 3.8) is 0 Å². The molecule has 0 fully saturated rings. The molecule has 0 saturated heterocycles. The molecule has 0 aromatic heterocycles. The van der Waals surface area contributed by atoms with Gasteiger partial charge in [-0.1, -0.05) is 0 Å². The third-order valence-electron chi connectivity index (χ3n) is 0.879. The second-order valence-corrected chi connectivity index (χ2v) is 2.84. The van der Waals surface area contributed by atoms with Crippen molar-refractivity contribution in [1.82, 2.24) is 0 Å². The van der Waals surface area contributed by atoms with Crippen molar-refractivity contribution in [1.29, 1.82) is 0 Å². The lowest BCUT2D eigenvalue weighted by Gasteiger charge is -2.21. The Labute approximate surface area is 65.5 Å². The Kier molecular flexibility index (Phi) is 3.68. The molecule has 0 spiro atoms. The number of carbonyl (C=O) groups excluding carboxylic acids is 1. The minimum Gasteiger partial charge on any atom is -0.457 e. The molecule has 4 heteroatoms. The molecule has 60 valence electrons. The Morgan fingerprint density at radius 2 is 2.20 bits per heavy atom. The van der Waals surface area contributed by atoms with E-state index in [-0.39, 0.29) is 12.4 Å². The average Bonchev–Trinajstić information content (AvgIpc) is 1.87. The molecule has 0 amide bonds. The van der Waals surface area contributed by atoms with Gasteiger partial charge in [-0.25, -0.2) is 0 Å². The molecule has 0 aromatic carbocycles. The van der Waals surface area contributed by atoms with Crippen molar-refractivity contribution in [3.05, 3.63) is 0 Å². The zero-order chi connectivity index (χ0) is 8.20. The topological polar surface area (TPSA) is 52.3 Å². The number of hydrogen-bond donors (Lipinski definition) is 1. The second-order valence-electron chi connectivity index (χ2n) is 2.57. The van der Waals surface area contributed by atoms with Crippen LogP contribution in [0.1, 0.15) is 13.8 Å².